The van der Waals surface area contributed by atoms with E-state index in [0.717, 1.165) is 11.1 Å². The molecule has 0 radical (unpaired) electrons. The summed E-state index contributed by atoms with van der Waals surface area (Å²) in [4.78, 5) is 17.5. The number of carbonyl (C=O) groups is 1. The molecule has 5 rings (SSSR count). The van der Waals surface area contributed by atoms with Crippen molar-refractivity contribution in [3.05, 3.63) is 112 Å². The van der Waals surface area contributed by atoms with Crippen LogP contribution in [0.1, 0.15) is 35.2 Å². The number of hydrogen-bond acceptors (Lipinski definition) is 7. The van der Waals surface area contributed by atoms with E-state index >= 15 is 0 Å². The van der Waals surface area contributed by atoms with Crippen molar-refractivity contribution in [2.24, 2.45) is 0 Å². The molecule has 0 amide bonds. The number of carbonyl (C=O) groups excluding carboxylic acids is 1. The van der Waals surface area contributed by atoms with Gasteiger partial charge in [0.2, 0.25) is 11.1 Å². The Labute approximate surface area is 224 Å². The third-order valence-electron chi connectivity index (χ3n) is 6.25. The minimum Gasteiger partial charge on any atom is -0.489 e. The first-order valence-corrected chi connectivity index (χ1v) is 13.1. The lowest BCUT2D eigenvalue weighted by molar-refractivity contribution is -0.136. The molecule has 0 saturated heterocycles. The first kappa shape index (κ1) is 25.5. The van der Waals surface area contributed by atoms with Gasteiger partial charge in [-0.1, -0.05) is 71.9 Å². The molecule has 1 N–H and O–H groups in total. The van der Waals surface area contributed by atoms with Gasteiger partial charge in [-0.2, -0.15) is 4.98 Å². The summed E-state index contributed by atoms with van der Waals surface area (Å²) in [6.45, 7) is 4.27. The number of nitrogens with one attached hydrogen (secondary N) is 1. The minimum atomic E-state index is -0.586. The zero-order chi connectivity index (χ0) is 26.6. The first-order valence-electron chi connectivity index (χ1n) is 12.1. The average Bonchev–Trinajstić information content (AvgIpc) is 3.33. The van der Waals surface area contributed by atoms with Crippen LogP contribution >= 0.6 is 11.8 Å². The second kappa shape index (κ2) is 11.1. The van der Waals surface area contributed by atoms with Crippen molar-refractivity contribution >= 4 is 23.7 Å². The Morgan fingerprint density at radius 1 is 1.08 bits per heavy atom. The third-order valence-corrected chi connectivity index (χ3v) is 7.14. The van der Waals surface area contributed by atoms with Crippen molar-refractivity contribution in [3.8, 4) is 5.75 Å². The number of halogens is 1. The number of anilines is 1. The lowest BCUT2D eigenvalue weighted by Crippen LogP contribution is -2.29. The summed E-state index contributed by atoms with van der Waals surface area (Å²) in [6.07, 6.45) is 0. The number of hydrogen-bond donors (Lipinski definition) is 1. The van der Waals surface area contributed by atoms with Crippen LogP contribution in [0.5, 0.6) is 5.75 Å². The number of thioether (sulfide) groups is 1. The highest BCUT2D eigenvalue weighted by atomic mass is 32.2. The Bertz CT molecular complexity index is 1500. The number of aryl methyl sites for hydroxylation is 1. The molecule has 0 fully saturated rings. The topological polar surface area (TPSA) is 78.3 Å². The van der Waals surface area contributed by atoms with E-state index in [0.29, 0.717) is 46.0 Å². The van der Waals surface area contributed by atoms with E-state index in [4.69, 9.17) is 9.47 Å². The van der Waals surface area contributed by atoms with Crippen LogP contribution in [0.15, 0.2) is 89.2 Å². The predicted molar refractivity (Wildman–Crippen MR) is 144 cm³/mol. The minimum absolute atomic E-state index is 0.270. The number of ether oxygens (including phenoxy) is 2. The molecule has 0 bridgehead atoms. The molecule has 0 spiro atoms. The second-order valence-corrected chi connectivity index (χ2v) is 9.89. The van der Waals surface area contributed by atoms with Gasteiger partial charge in [-0.25, -0.2) is 13.9 Å². The van der Waals surface area contributed by atoms with E-state index in [1.54, 1.807) is 29.8 Å². The molecule has 7 nitrogen and oxygen atoms in total. The van der Waals surface area contributed by atoms with E-state index in [1.165, 1.54) is 30.5 Å². The lowest BCUT2D eigenvalue weighted by Gasteiger charge is -2.28. The highest BCUT2D eigenvalue weighted by molar-refractivity contribution is 7.98. The van der Waals surface area contributed by atoms with E-state index < -0.39 is 12.0 Å². The molecular formula is C29H27FN4O3S. The summed E-state index contributed by atoms with van der Waals surface area (Å²) < 4.78 is 27.0. The monoisotopic (exact) mass is 530 g/mol. The lowest BCUT2D eigenvalue weighted by atomic mass is 9.95. The zero-order valence-corrected chi connectivity index (χ0v) is 22.1. The first-order chi connectivity index (χ1) is 18.4. The Kier molecular flexibility index (Phi) is 7.46. The normalized spacial score (nSPS) is 14.6. The van der Waals surface area contributed by atoms with E-state index in [9.17, 15) is 9.18 Å². The molecule has 1 atom stereocenters. The number of esters is 1. The maximum Gasteiger partial charge on any atom is 0.338 e. The summed E-state index contributed by atoms with van der Waals surface area (Å²) >= 11 is 1.32. The summed E-state index contributed by atoms with van der Waals surface area (Å²) in [5, 5.41) is 8.32. The molecular weight excluding hydrogens is 503 g/mol. The third kappa shape index (κ3) is 5.43. The Hall–Kier alpha value is -4.11. The molecule has 9 heteroatoms. The molecule has 2 heterocycles. The van der Waals surface area contributed by atoms with Gasteiger partial charge in [-0.3, -0.25) is 0 Å². The fourth-order valence-electron chi connectivity index (χ4n) is 4.26. The fourth-order valence-corrected chi connectivity index (χ4v) is 5.07. The van der Waals surface area contributed by atoms with Crippen LogP contribution in [0.25, 0.3) is 0 Å². The summed E-state index contributed by atoms with van der Waals surface area (Å²) in [5.74, 6) is 0.793. The van der Waals surface area contributed by atoms with E-state index in [-0.39, 0.29) is 5.82 Å². The molecule has 1 unspecified atom stereocenters. The van der Waals surface area contributed by atoms with Crippen LogP contribution in [0.4, 0.5) is 10.3 Å². The smallest absolute Gasteiger partial charge is 0.338 e. The number of rotatable bonds is 8. The standard InChI is InChI=1S/C29H27FN4O3S/c1-18-11-13-20(14-12-18)16-37-23-9-6-8-21(15-23)26-25(27(35)36-3)19(2)31-28-32-29(33-34(26)28)38-17-22-7-4-5-10-24(22)30/h4-15,26H,16-17H2,1-3H3,(H,31,32,33). The van der Waals surface area contributed by atoms with Gasteiger partial charge in [-0.15, -0.1) is 5.10 Å². The second-order valence-electron chi connectivity index (χ2n) is 8.95. The van der Waals surface area contributed by atoms with E-state index in [2.05, 4.69) is 15.4 Å². The van der Waals surface area contributed by atoms with Crippen LogP contribution in [-0.2, 0) is 21.9 Å². The Balaban J connectivity index is 1.44. The predicted octanol–water partition coefficient (Wildman–Crippen LogP) is 6.06. The average molecular weight is 531 g/mol. The van der Waals surface area contributed by atoms with Crippen LogP contribution in [0.3, 0.4) is 0 Å². The van der Waals surface area contributed by atoms with Crippen molar-refractivity contribution in [3.63, 3.8) is 0 Å². The van der Waals surface area contributed by atoms with Crippen LogP contribution in [-0.4, -0.2) is 27.8 Å². The molecule has 4 aromatic rings. The molecule has 194 valence electrons. The number of aromatic nitrogens is 3. The molecule has 1 aliphatic heterocycles. The molecule has 1 aliphatic rings. The van der Waals surface area contributed by atoms with Gasteiger partial charge < -0.3 is 14.8 Å². The van der Waals surface area contributed by atoms with Gasteiger partial charge in [0.1, 0.15) is 24.2 Å². The van der Waals surface area contributed by atoms with Crippen molar-refractivity contribution in [2.45, 2.75) is 37.4 Å². The summed E-state index contributed by atoms with van der Waals surface area (Å²) in [5.41, 5.74) is 4.66. The molecule has 1 aromatic heterocycles. The van der Waals surface area contributed by atoms with Crippen LogP contribution < -0.4 is 10.1 Å². The van der Waals surface area contributed by atoms with Crippen molar-refractivity contribution < 1.29 is 18.7 Å². The highest BCUT2D eigenvalue weighted by Crippen LogP contribution is 2.38. The van der Waals surface area contributed by atoms with Crippen LogP contribution in [0, 0.1) is 12.7 Å². The number of allylic oxidation sites excluding steroid dienone is 1. The Morgan fingerprint density at radius 3 is 2.63 bits per heavy atom. The quantitative estimate of drug-likeness (QED) is 0.219. The zero-order valence-electron chi connectivity index (χ0n) is 21.3. The summed E-state index contributed by atoms with van der Waals surface area (Å²) in [6, 6.07) is 21.8. The fraction of sp³-hybridized carbons (Fsp3) is 0.207. The summed E-state index contributed by atoms with van der Waals surface area (Å²) in [7, 11) is 1.35. The molecule has 3 aromatic carbocycles. The van der Waals surface area contributed by atoms with Gasteiger partial charge in [-0.05, 0) is 48.7 Å². The Morgan fingerprint density at radius 2 is 1.87 bits per heavy atom. The van der Waals surface area contributed by atoms with Gasteiger partial charge in [0.25, 0.3) is 0 Å². The SMILES string of the molecule is COC(=O)C1=C(C)Nc2nc(SCc3ccccc3F)nn2C1c1cccc(OCc2ccc(C)cc2)c1. The molecule has 38 heavy (non-hydrogen) atoms. The number of methoxy groups -OCH3 is 1. The van der Waals surface area contributed by atoms with Gasteiger partial charge in [0, 0.05) is 11.4 Å². The molecule has 0 aliphatic carbocycles. The maximum absolute atomic E-state index is 14.1. The van der Waals surface area contributed by atoms with Crippen molar-refractivity contribution in [1.29, 1.82) is 0 Å². The van der Waals surface area contributed by atoms with Gasteiger partial charge in [0.15, 0.2) is 0 Å². The van der Waals surface area contributed by atoms with Gasteiger partial charge >= 0.3 is 5.97 Å². The van der Waals surface area contributed by atoms with Crippen molar-refractivity contribution in [2.75, 3.05) is 12.4 Å². The highest BCUT2D eigenvalue weighted by Gasteiger charge is 2.35. The van der Waals surface area contributed by atoms with Gasteiger partial charge in [0.05, 0.1) is 12.7 Å². The number of fused-ring (bicyclic) bond motifs is 1. The number of nitrogens with zero attached hydrogens (tertiary/aromatic N) is 3. The van der Waals surface area contributed by atoms with Crippen molar-refractivity contribution in [1.82, 2.24) is 14.8 Å². The maximum atomic E-state index is 14.1. The molecule has 0 saturated carbocycles. The number of benzene rings is 3. The largest absolute Gasteiger partial charge is 0.489 e. The van der Waals surface area contributed by atoms with E-state index in [1.807, 2.05) is 55.5 Å². The van der Waals surface area contributed by atoms with Crippen LogP contribution in [0.2, 0.25) is 0 Å².